The summed E-state index contributed by atoms with van der Waals surface area (Å²) in [4.78, 5) is 11.1. The van der Waals surface area contributed by atoms with Crippen LogP contribution in [0.3, 0.4) is 0 Å². The van der Waals surface area contributed by atoms with Gasteiger partial charge in [-0.05, 0) is 28.1 Å². The Bertz CT molecular complexity index is 436. The Morgan fingerprint density at radius 2 is 2.19 bits per heavy atom. The third kappa shape index (κ3) is 2.32. The van der Waals surface area contributed by atoms with Crippen molar-refractivity contribution in [1.29, 1.82) is 0 Å². The molecule has 0 radical (unpaired) electrons. The number of amides is 1. The minimum absolute atomic E-state index is 0.149. The number of benzene rings is 1. The van der Waals surface area contributed by atoms with Crippen molar-refractivity contribution in [2.75, 3.05) is 6.61 Å². The van der Waals surface area contributed by atoms with Crippen LogP contribution in [0.15, 0.2) is 21.1 Å². The first kappa shape index (κ1) is 11.7. The van der Waals surface area contributed by atoms with E-state index in [2.05, 4.69) is 37.2 Å². The van der Waals surface area contributed by atoms with Crippen LogP contribution in [0.5, 0.6) is 5.75 Å². The van der Waals surface area contributed by atoms with E-state index in [1.54, 1.807) is 12.1 Å². The number of phenolic OH excluding ortho intramolecular Hbond substituents is 1. The fourth-order valence-corrected chi connectivity index (χ4v) is 2.87. The van der Waals surface area contributed by atoms with Crippen molar-refractivity contribution in [1.82, 2.24) is 5.32 Å². The van der Waals surface area contributed by atoms with Crippen LogP contribution in [0.2, 0.25) is 0 Å². The second-order valence-electron chi connectivity index (χ2n) is 3.45. The molecule has 1 aromatic rings. The van der Waals surface area contributed by atoms with E-state index in [9.17, 15) is 9.90 Å². The van der Waals surface area contributed by atoms with Gasteiger partial charge in [-0.1, -0.05) is 15.9 Å². The minimum Gasteiger partial charge on any atom is -0.506 e. The summed E-state index contributed by atoms with van der Waals surface area (Å²) in [6, 6.07) is 3.33. The lowest BCUT2D eigenvalue weighted by atomic mass is 10.0. The first-order chi connectivity index (χ1) is 7.58. The van der Waals surface area contributed by atoms with E-state index in [4.69, 9.17) is 4.74 Å². The molecule has 1 heterocycles. The Kier molecular flexibility index (Phi) is 3.39. The van der Waals surface area contributed by atoms with Gasteiger partial charge in [0, 0.05) is 16.5 Å². The van der Waals surface area contributed by atoms with Crippen molar-refractivity contribution in [3.63, 3.8) is 0 Å². The Morgan fingerprint density at radius 1 is 1.44 bits per heavy atom. The highest BCUT2D eigenvalue weighted by Crippen LogP contribution is 2.36. The predicted octanol–water partition coefficient (Wildman–Crippen LogP) is 3.09. The lowest BCUT2D eigenvalue weighted by Gasteiger charge is -2.24. The molecule has 1 atom stereocenters. The summed E-state index contributed by atoms with van der Waals surface area (Å²) in [5.74, 6) is 0.149. The number of cyclic esters (lactones) is 1. The first-order valence-corrected chi connectivity index (χ1v) is 6.27. The molecule has 0 saturated carbocycles. The molecule has 2 rings (SSSR count). The number of hydrogen-bond acceptors (Lipinski definition) is 3. The Balaban J connectivity index is 2.35. The summed E-state index contributed by atoms with van der Waals surface area (Å²) in [6.07, 6.45) is 0.189. The molecular formula is C10H9Br2NO3. The standard InChI is InChI=1S/C10H9Br2NO3/c11-5-3-6(9(14)7(12)4-5)8-1-2-16-10(15)13-8/h3-4,8,14H,1-2H2,(H,13,15)/t8-/m1/s1. The van der Waals surface area contributed by atoms with E-state index in [0.717, 1.165) is 4.47 Å². The average molecular weight is 351 g/mol. The number of hydrogen-bond donors (Lipinski definition) is 2. The summed E-state index contributed by atoms with van der Waals surface area (Å²) in [6.45, 7) is 0.361. The van der Waals surface area contributed by atoms with Crippen LogP contribution in [-0.4, -0.2) is 17.8 Å². The fourth-order valence-electron chi connectivity index (χ4n) is 1.61. The molecule has 0 aromatic heterocycles. The van der Waals surface area contributed by atoms with Crippen LogP contribution < -0.4 is 5.32 Å². The highest BCUT2D eigenvalue weighted by atomic mass is 79.9. The van der Waals surface area contributed by atoms with Gasteiger partial charge < -0.3 is 15.2 Å². The van der Waals surface area contributed by atoms with Crippen LogP contribution in [-0.2, 0) is 4.74 Å². The summed E-state index contributed by atoms with van der Waals surface area (Å²) < 4.78 is 6.21. The van der Waals surface area contributed by atoms with Gasteiger partial charge in [0.15, 0.2) is 0 Å². The molecule has 0 spiro atoms. The van der Waals surface area contributed by atoms with E-state index in [1.807, 2.05) is 0 Å². The number of phenols is 1. The van der Waals surface area contributed by atoms with Crippen molar-refractivity contribution < 1.29 is 14.6 Å². The van der Waals surface area contributed by atoms with Crippen molar-refractivity contribution in [2.45, 2.75) is 12.5 Å². The number of nitrogens with one attached hydrogen (secondary N) is 1. The number of halogens is 2. The molecular weight excluding hydrogens is 342 g/mol. The molecule has 0 aliphatic carbocycles. The van der Waals surface area contributed by atoms with Crippen molar-refractivity contribution in [2.24, 2.45) is 0 Å². The average Bonchev–Trinajstić information content (AvgIpc) is 2.23. The molecule has 86 valence electrons. The molecule has 1 saturated heterocycles. The molecule has 1 fully saturated rings. The molecule has 1 amide bonds. The summed E-state index contributed by atoms with van der Waals surface area (Å²) in [5.41, 5.74) is 0.679. The highest BCUT2D eigenvalue weighted by molar-refractivity contribution is 9.11. The van der Waals surface area contributed by atoms with Gasteiger partial charge in [0.25, 0.3) is 0 Å². The topological polar surface area (TPSA) is 58.6 Å². The fraction of sp³-hybridized carbons (Fsp3) is 0.300. The second kappa shape index (κ2) is 4.63. The number of alkyl carbamates (subject to hydrolysis) is 1. The van der Waals surface area contributed by atoms with Gasteiger partial charge in [0.2, 0.25) is 0 Å². The summed E-state index contributed by atoms with van der Waals surface area (Å²) in [5, 5.41) is 12.6. The van der Waals surface area contributed by atoms with E-state index < -0.39 is 6.09 Å². The molecule has 0 bridgehead atoms. The lowest BCUT2D eigenvalue weighted by Crippen LogP contribution is -2.35. The zero-order valence-corrected chi connectivity index (χ0v) is 11.3. The van der Waals surface area contributed by atoms with Gasteiger partial charge >= 0.3 is 6.09 Å². The molecule has 16 heavy (non-hydrogen) atoms. The van der Waals surface area contributed by atoms with Crippen molar-refractivity contribution in [3.8, 4) is 5.75 Å². The molecule has 2 N–H and O–H groups in total. The SMILES string of the molecule is O=C1N[C@@H](c2cc(Br)cc(Br)c2O)CCO1. The van der Waals surface area contributed by atoms with Gasteiger partial charge in [-0.2, -0.15) is 0 Å². The minimum atomic E-state index is -0.452. The molecule has 1 aliphatic rings. The normalized spacial score (nSPS) is 20.1. The number of aromatic hydroxyl groups is 1. The maximum absolute atomic E-state index is 11.1. The number of ether oxygens (including phenoxy) is 1. The first-order valence-electron chi connectivity index (χ1n) is 4.69. The number of carbonyl (C=O) groups excluding carboxylic acids is 1. The van der Waals surface area contributed by atoms with Crippen LogP contribution in [0.25, 0.3) is 0 Å². The van der Waals surface area contributed by atoms with Crippen molar-refractivity contribution in [3.05, 3.63) is 26.6 Å². The third-order valence-corrected chi connectivity index (χ3v) is 3.43. The molecule has 6 heteroatoms. The molecule has 1 aromatic carbocycles. The maximum Gasteiger partial charge on any atom is 0.407 e. The van der Waals surface area contributed by atoms with Gasteiger partial charge in [-0.3, -0.25) is 0 Å². The van der Waals surface area contributed by atoms with Gasteiger partial charge in [-0.25, -0.2) is 4.79 Å². The maximum atomic E-state index is 11.1. The zero-order chi connectivity index (χ0) is 11.7. The van der Waals surface area contributed by atoms with E-state index in [1.165, 1.54) is 0 Å². The smallest absolute Gasteiger partial charge is 0.407 e. The predicted molar refractivity (Wildman–Crippen MR) is 65.3 cm³/mol. The molecule has 4 nitrogen and oxygen atoms in total. The quantitative estimate of drug-likeness (QED) is 0.818. The van der Waals surface area contributed by atoms with Crippen molar-refractivity contribution >= 4 is 38.0 Å². The number of rotatable bonds is 1. The Morgan fingerprint density at radius 3 is 2.88 bits per heavy atom. The Hall–Kier alpha value is -0.750. The summed E-state index contributed by atoms with van der Waals surface area (Å²) in [7, 11) is 0. The van der Waals surface area contributed by atoms with Crippen LogP contribution in [0.1, 0.15) is 18.0 Å². The van der Waals surface area contributed by atoms with Crippen LogP contribution in [0.4, 0.5) is 4.79 Å². The number of carbonyl (C=O) groups is 1. The van der Waals surface area contributed by atoms with Crippen LogP contribution >= 0.6 is 31.9 Å². The van der Waals surface area contributed by atoms with E-state index in [0.29, 0.717) is 23.1 Å². The van der Waals surface area contributed by atoms with Gasteiger partial charge in [0.1, 0.15) is 5.75 Å². The monoisotopic (exact) mass is 349 g/mol. The third-order valence-electron chi connectivity index (χ3n) is 2.36. The van der Waals surface area contributed by atoms with Gasteiger partial charge in [-0.15, -0.1) is 0 Å². The molecule has 1 aliphatic heterocycles. The second-order valence-corrected chi connectivity index (χ2v) is 5.22. The summed E-state index contributed by atoms with van der Waals surface area (Å²) >= 11 is 6.60. The van der Waals surface area contributed by atoms with E-state index in [-0.39, 0.29) is 11.8 Å². The Labute approximate surface area is 109 Å². The van der Waals surface area contributed by atoms with Gasteiger partial charge in [0.05, 0.1) is 17.1 Å². The lowest BCUT2D eigenvalue weighted by molar-refractivity contribution is 0.115. The highest BCUT2D eigenvalue weighted by Gasteiger charge is 2.24. The zero-order valence-electron chi connectivity index (χ0n) is 8.17. The molecule has 0 unspecified atom stereocenters. The van der Waals surface area contributed by atoms with E-state index >= 15 is 0 Å². The largest absolute Gasteiger partial charge is 0.506 e. The van der Waals surface area contributed by atoms with Crippen LogP contribution in [0, 0.1) is 0 Å².